The van der Waals surface area contributed by atoms with Crippen LogP contribution in [0.5, 0.6) is 0 Å². The van der Waals surface area contributed by atoms with Gasteiger partial charge in [-0.25, -0.2) is 9.78 Å². The number of hydrogen-bond donors (Lipinski definition) is 1. The molecular weight excluding hydrogens is 402 g/mol. The maximum Gasteiger partial charge on any atom is 0.329 e. The van der Waals surface area contributed by atoms with E-state index in [4.69, 9.17) is 14.3 Å². The van der Waals surface area contributed by atoms with Gasteiger partial charge in [-0.15, -0.1) is 0 Å². The van der Waals surface area contributed by atoms with Crippen molar-refractivity contribution < 1.29 is 19.1 Å². The number of aliphatic carboxylic acids is 1. The minimum Gasteiger partial charge on any atom is -0.480 e. The fourth-order valence-electron chi connectivity index (χ4n) is 3.95. The van der Waals surface area contributed by atoms with Crippen LogP contribution in [0.25, 0.3) is 33.6 Å². The molecule has 0 atom stereocenters. The summed E-state index contributed by atoms with van der Waals surface area (Å²) in [6, 6.07) is 20.8. The molecule has 5 nitrogen and oxygen atoms in total. The van der Waals surface area contributed by atoms with Gasteiger partial charge in [0.05, 0.1) is 5.39 Å². The summed E-state index contributed by atoms with van der Waals surface area (Å²) in [5.41, 5.74) is 6.31. The number of ether oxygens (including phenoxy) is 1. The summed E-state index contributed by atoms with van der Waals surface area (Å²) in [6.45, 7) is 2.34. The standard InChI is InChI=1S/C27H27NO4/c1-2-19-11-13-21(14-12-19)24-25-20(8-6-7-17-31-18-23(29)30)15-16-28-27(25)32-26(24)22-9-4-3-5-10-22/h3-5,9-16H,2,6-8,17-18H2,1H3,(H,29,30). The number of unbranched alkanes of at least 4 members (excludes halogenated alkanes) is 1. The molecule has 2 aromatic carbocycles. The van der Waals surface area contributed by atoms with E-state index in [1.165, 1.54) is 11.1 Å². The average Bonchev–Trinajstić information content (AvgIpc) is 3.22. The number of fused-ring (bicyclic) bond motifs is 1. The normalized spacial score (nSPS) is 11.2. The number of aryl methyl sites for hydroxylation is 2. The molecule has 164 valence electrons. The van der Waals surface area contributed by atoms with Crippen molar-refractivity contribution in [3.8, 4) is 22.5 Å². The smallest absolute Gasteiger partial charge is 0.329 e. The van der Waals surface area contributed by atoms with E-state index in [0.29, 0.717) is 12.3 Å². The first-order chi connectivity index (χ1) is 15.7. The molecule has 0 radical (unpaired) electrons. The molecule has 0 saturated heterocycles. The lowest BCUT2D eigenvalue weighted by Gasteiger charge is -2.08. The Morgan fingerprint density at radius 3 is 2.50 bits per heavy atom. The van der Waals surface area contributed by atoms with Gasteiger partial charge in [-0.05, 0) is 48.4 Å². The summed E-state index contributed by atoms with van der Waals surface area (Å²) in [4.78, 5) is 15.1. The maximum absolute atomic E-state index is 10.6. The molecule has 32 heavy (non-hydrogen) atoms. The van der Waals surface area contributed by atoms with Gasteiger partial charge in [0.15, 0.2) is 0 Å². The quantitative estimate of drug-likeness (QED) is 0.306. The number of carboxylic acid groups (broad SMARTS) is 1. The lowest BCUT2D eigenvalue weighted by atomic mass is 9.94. The van der Waals surface area contributed by atoms with Crippen LogP contribution in [0.4, 0.5) is 0 Å². The second-order valence-electron chi connectivity index (χ2n) is 7.78. The fraction of sp³-hybridized carbons (Fsp3) is 0.259. The molecule has 0 bridgehead atoms. The molecule has 2 aromatic heterocycles. The Labute approximate surface area is 187 Å². The zero-order chi connectivity index (χ0) is 22.3. The number of aromatic nitrogens is 1. The summed E-state index contributed by atoms with van der Waals surface area (Å²) >= 11 is 0. The number of carboxylic acids is 1. The maximum atomic E-state index is 10.6. The van der Waals surface area contributed by atoms with Crippen molar-refractivity contribution in [1.29, 1.82) is 0 Å². The van der Waals surface area contributed by atoms with Gasteiger partial charge in [0.2, 0.25) is 5.71 Å². The minimum atomic E-state index is -0.939. The topological polar surface area (TPSA) is 72.6 Å². The Morgan fingerprint density at radius 1 is 1.00 bits per heavy atom. The number of rotatable bonds is 10. The lowest BCUT2D eigenvalue weighted by molar-refractivity contribution is -0.142. The molecule has 0 unspecified atom stereocenters. The van der Waals surface area contributed by atoms with Crippen molar-refractivity contribution in [3.63, 3.8) is 0 Å². The van der Waals surface area contributed by atoms with Gasteiger partial charge >= 0.3 is 5.97 Å². The van der Waals surface area contributed by atoms with Crippen molar-refractivity contribution in [2.24, 2.45) is 0 Å². The molecule has 2 heterocycles. The molecule has 0 aliphatic heterocycles. The van der Waals surface area contributed by atoms with Crippen molar-refractivity contribution in [1.82, 2.24) is 4.98 Å². The van der Waals surface area contributed by atoms with Crippen LogP contribution in [0.15, 0.2) is 71.3 Å². The zero-order valence-electron chi connectivity index (χ0n) is 18.2. The van der Waals surface area contributed by atoms with Crippen LogP contribution in [0, 0.1) is 0 Å². The highest BCUT2D eigenvalue weighted by Gasteiger charge is 2.21. The summed E-state index contributed by atoms with van der Waals surface area (Å²) in [5, 5.41) is 9.74. The molecule has 0 saturated carbocycles. The summed E-state index contributed by atoms with van der Waals surface area (Å²) in [5.74, 6) is -0.110. The van der Waals surface area contributed by atoms with E-state index in [1.54, 1.807) is 6.20 Å². The molecule has 0 aliphatic carbocycles. The average molecular weight is 430 g/mol. The van der Waals surface area contributed by atoms with Gasteiger partial charge in [-0.3, -0.25) is 0 Å². The van der Waals surface area contributed by atoms with E-state index < -0.39 is 5.97 Å². The van der Waals surface area contributed by atoms with Crippen LogP contribution < -0.4 is 0 Å². The van der Waals surface area contributed by atoms with E-state index in [9.17, 15) is 4.79 Å². The molecule has 0 spiro atoms. The molecule has 0 fully saturated rings. The Bertz CT molecular complexity index is 1180. The van der Waals surface area contributed by atoms with Crippen LogP contribution in [0.2, 0.25) is 0 Å². The van der Waals surface area contributed by atoms with E-state index in [1.807, 2.05) is 18.2 Å². The molecule has 1 N–H and O–H groups in total. The number of carbonyl (C=O) groups is 1. The SMILES string of the molecule is CCc1ccc(-c2c(-c3ccccc3)oc3nccc(CCCCOCC(=O)O)c23)cc1. The number of hydrogen-bond acceptors (Lipinski definition) is 4. The number of benzene rings is 2. The number of pyridine rings is 1. The van der Waals surface area contributed by atoms with Crippen LogP contribution >= 0.6 is 0 Å². The van der Waals surface area contributed by atoms with Crippen LogP contribution in [-0.4, -0.2) is 29.3 Å². The van der Waals surface area contributed by atoms with Crippen molar-refractivity contribution in [2.75, 3.05) is 13.2 Å². The first-order valence-electron chi connectivity index (χ1n) is 11.0. The van der Waals surface area contributed by atoms with Gasteiger partial charge in [0, 0.05) is 23.9 Å². The monoisotopic (exact) mass is 429 g/mol. The molecule has 0 amide bonds. The molecule has 0 aliphatic rings. The van der Waals surface area contributed by atoms with E-state index in [0.717, 1.165) is 53.5 Å². The third-order valence-electron chi connectivity index (χ3n) is 5.58. The Kier molecular flexibility index (Phi) is 6.97. The van der Waals surface area contributed by atoms with Crippen LogP contribution in [0.1, 0.15) is 30.9 Å². The lowest BCUT2D eigenvalue weighted by Crippen LogP contribution is -2.07. The van der Waals surface area contributed by atoms with Crippen molar-refractivity contribution in [3.05, 3.63) is 78.0 Å². The number of furan rings is 1. The third kappa shape index (κ3) is 4.89. The summed E-state index contributed by atoms with van der Waals surface area (Å²) in [7, 11) is 0. The summed E-state index contributed by atoms with van der Waals surface area (Å²) < 4.78 is 11.5. The second-order valence-corrected chi connectivity index (χ2v) is 7.78. The molecule has 4 aromatic rings. The van der Waals surface area contributed by atoms with Gasteiger partial charge in [0.1, 0.15) is 12.4 Å². The largest absolute Gasteiger partial charge is 0.480 e. The van der Waals surface area contributed by atoms with Gasteiger partial charge in [-0.1, -0.05) is 61.5 Å². The fourth-order valence-corrected chi connectivity index (χ4v) is 3.95. The van der Waals surface area contributed by atoms with Crippen molar-refractivity contribution >= 4 is 17.1 Å². The predicted octanol–water partition coefficient (Wildman–Crippen LogP) is 6.15. The van der Waals surface area contributed by atoms with E-state index >= 15 is 0 Å². The van der Waals surface area contributed by atoms with Crippen LogP contribution in [-0.2, 0) is 22.4 Å². The Morgan fingerprint density at radius 2 is 1.78 bits per heavy atom. The Balaban J connectivity index is 1.71. The minimum absolute atomic E-state index is 0.250. The molecular formula is C27H27NO4. The summed E-state index contributed by atoms with van der Waals surface area (Å²) in [6.07, 6.45) is 5.30. The van der Waals surface area contributed by atoms with Gasteiger partial charge < -0.3 is 14.3 Å². The van der Waals surface area contributed by atoms with E-state index in [2.05, 4.69) is 54.4 Å². The first-order valence-corrected chi connectivity index (χ1v) is 11.0. The number of nitrogens with zero attached hydrogens (tertiary/aromatic N) is 1. The molecule has 4 rings (SSSR count). The first kappa shape index (κ1) is 21.8. The van der Waals surface area contributed by atoms with E-state index in [-0.39, 0.29) is 6.61 Å². The van der Waals surface area contributed by atoms with Gasteiger partial charge in [0.25, 0.3) is 0 Å². The highest BCUT2D eigenvalue weighted by Crippen LogP contribution is 2.41. The highest BCUT2D eigenvalue weighted by atomic mass is 16.5. The predicted molar refractivity (Wildman–Crippen MR) is 126 cm³/mol. The van der Waals surface area contributed by atoms with Gasteiger partial charge in [-0.2, -0.15) is 0 Å². The second kappa shape index (κ2) is 10.2. The van der Waals surface area contributed by atoms with Crippen LogP contribution in [0.3, 0.4) is 0 Å². The van der Waals surface area contributed by atoms with Crippen molar-refractivity contribution in [2.45, 2.75) is 32.6 Å². The highest BCUT2D eigenvalue weighted by molar-refractivity contribution is 6.02. The molecule has 5 heteroatoms. The zero-order valence-corrected chi connectivity index (χ0v) is 18.2. The third-order valence-corrected chi connectivity index (χ3v) is 5.58. The Hall–Kier alpha value is -3.44.